The number of carbonyl (C=O) groups is 1. The fourth-order valence-electron chi connectivity index (χ4n) is 0.723. The number of ether oxygens (including phenoxy) is 2. The van der Waals surface area contributed by atoms with Crippen molar-refractivity contribution in [2.24, 2.45) is 0 Å². The number of cyclic esters (lactones) is 1. The topological polar surface area (TPSA) is 38.8 Å². The number of esters is 1. The van der Waals surface area contributed by atoms with Crippen molar-refractivity contribution in [1.82, 2.24) is 0 Å². The maximum Gasteiger partial charge on any atom is 0.338 e. The van der Waals surface area contributed by atoms with E-state index >= 15 is 0 Å². The predicted molar refractivity (Wildman–Crippen MR) is 19.6 cm³/mol. The van der Waals surface area contributed by atoms with Crippen LogP contribution in [-0.2, 0) is 14.3 Å². The van der Waals surface area contributed by atoms with Crippen LogP contribution in [0.3, 0.4) is 0 Å². The molecule has 2 heterocycles. The van der Waals surface area contributed by atoms with Crippen molar-refractivity contribution in [2.75, 3.05) is 6.61 Å². The first-order valence-electron chi connectivity index (χ1n) is 2.20. The van der Waals surface area contributed by atoms with E-state index in [2.05, 4.69) is 4.74 Å². The second kappa shape index (κ2) is 0.816. The molecule has 2 saturated heterocycles. The highest BCUT2D eigenvalue weighted by Crippen LogP contribution is 2.29. The van der Waals surface area contributed by atoms with Crippen molar-refractivity contribution in [3.05, 3.63) is 0 Å². The molecule has 0 spiro atoms. The number of hydrogen-bond acceptors (Lipinski definition) is 3. The second-order valence-corrected chi connectivity index (χ2v) is 1.73. The summed E-state index contributed by atoms with van der Waals surface area (Å²) in [4.78, 5) is 10.3. The van der Waals surface area contributed by atoms with Crippen molar-refractivity contribution in [1.29, 1.82) is 0 Å². The molecule has 0 radical (unpaired) electrons. The molecule has 0 aromatic rings. The first kappa shape index (κ1) is 3.43. The Balaban J connectivity index is 2.21. The maximum absolute atomic E-state index is 10.3. The molecule has 3 nitrogen and oxygen atoms in total. The van der Waals surface area contributed by atoms with Gasteiger partial charge < -0.3 is 9.47 Å². The van der Waals surface area contributed by atoms with Crippen molar-refractivity contribution in [2.45, 2.75) is 12.2 Å². The zero-order valence-corrected chi connectivity index (χ0v) is 3.59. The molecule has 2 aliphatic rings. The van der Waals surface area contributed by atoms with E-state index in [1.165, 1.54) is 0 Å². The van der Waals surface area contributed by atoms with Gasteiger partial charge in [-0.25, -0.2) is 4.79 Å². The molecule has 0 aromatic carbocycles. The number of hydrogen-bond donors (Lipinski definition) is 0. The van der Waals surface area contributed by atoms with Gasteiger partial charge in [0.15, 0.2) is 6.10 Å². The lowest BCUT2D eigenvalue weighted by Crippen LogP contribution is -2.02. The quantitative estimate of drug-likeness (QED) is 0.299. The predicted octanol–water partition coefficient (Wildman–Crippen LogP) is -0.689. The van der Waals surface area contributed by atoms with E-state index in [0.29, 0.717) is 6.61 Å². The summed E-state index contributed by atoms with van der Waals surface area (Å²) in [6.07, 6.45) is -0.0625. The van der Waals surface area contributed by atoms with E-state index in [1.807, 2.05) is 0 Å². The minimum absolute atomic E-state index is 0.118. The Morgan fingerprint density at radius 2 is 2.57 bits per heavy atom. The number of fused-ring (bicyclic) bond motifs is 1. The number of carbonyl (C=O) groups excluding carboxylic acids is 1. The third kappa shape index (κ3) is 0.307. The van der Waals surface area contributed by atoms with Crippen LogP contribution in [-0.4, -0.2) is 24.8 Å². The Morgan fingerprint density at radius 3 is 2.71 bits per heavy atom. The average Bonchev–Trinajstić information content (AvgIpc) is 2.33. The lowest BCUT2D eigenvalue weighted by atomic mass is 10.4. The van der Waals surface area contributed by atoms with Crippen molar-refractivity contribution in [3.8, 4) is 0 Å². The minimum Gasteiger partial charge on any atom is -0.461 e. The summed E-state index contributed by atoms with van der Waals surface area (Å²) < 4.78 is 9.34. The van der Waals surface area contributed by atoms with Crippen molar-refractivity contribution in [3.63, 3.8) is 0 Å². The summed E-state index contributed by atoms with van der Waals surface area (Å²) in [7, 11) is 0. The fourth-order valence-corrected chi connectivity index (χ4v) is 0.723. The summed E-state index contributed by atoms with van der Waals surface area (Å²) in [5.41, 5.74) is 0. The molecule has 2 atom stereocenters. The second-order valence-electron chi connectivity index (χ2n) is 1.73. The Labute approximate surface area is 40.2 Å². The molecular weight excluding hydrogens is 96.0 g/mol. The van der Waals surface area contributed by atoms with Gasteiger partial charge in [-0.15, -0.1) is 0 Å². The smallest absolute Gasteiger partial charge is 0.338 e. The molecule has 3 heteroatoms. The van der Waals surface area contributed by atoms with E-state index in [1.54, 1.807) is 0 Å². The first-order chi connectivity index (χ1) is 3.38. The van der Waals surface area contributed by atoms with Gasteiger partial charge >= 0.3 is 5.97 Å². The fraction of sp³-hybridized carbons (Fsp3) is 0.750. The first-order valence-corrected chi connectivity index (χ1v) is 2.20. The molecule has 38 valence electrons. The van der Waals surface area contributed by atoms with Gasteiger partial charge in [-0.05, 0) is 0 Å². The summed E-state index contributed by atoms with van der Waals surface area (Å²) in [5.74, 6) is -0.190. The Bertz CT molecular complexity index is 120. The summed E-state index contributed by atoms with van der Waals surface area (Å²) in [6, 6.07) is 0. The molecule has 0 amide bonds. The standard InChI is InChI=1S/C4H4O3/c5-4-3-2(7-3)1-6-4/h2-3H,1H2/t2-,3-/m1/s1. The third-order valence-electron chi connectivity index (χ3n) is 1.20. The van der Waals surface area contributed by atoms with Crippen LogP contribution in [0.2, 0.25) is 0 Å². The molecule has 0 aromatic heterocycles. The molecule has 0 unspecified atom stereocenters. The van der Waals surface area contributed by atoms with Crippen LogP contribution in [0.1, 0.15) is 0 Å². The molecule has 2 fully saturated rings. The zero-order valence-electron chi connectivity index (χ0n) is 3.59. The van der Waals surface area contributed by atoms with Crippen molar-refractivity contribution < 1.29 is 14.3 Å². The Kier molecular flexibility index (Phi) is 0.400. The Morgan fingerprint density at radius 1 is 1.71 bits per heavy atom. The summed E-state index contributed by atoms with van der Waals surface area (Å²) in [5, 5.41) is 0. The molecule has 0 aliphatic carbocycles. The number of epoxide rings is 1. The highest BCUT2D eigenvalue weighted by atomic mass is 16.7. The monoisotopic (exact) mass is 100 g/mol. The minimum atomic E-state index is -0.190. The zero-order chi connectivity index (χ0) is 4.85. The van der Waals surface area contributed by atoms with Crippen LogP contribution in [0.4, 0.5) is 0 Å². The van der Waals surface area contributed by atoms with Crippen LogP contribution < -0.4 is 0 Å². The highest BCUT2D eigenvalue weighted by molar-refractivity contribution is 5.80. The highest BCUT2D eigenvalue weighted by Gasteiger charge is 2.52. The van der Waals surface area contributed by atoms with Crippen LogP contribution in [0.5, 0.6) is 0 Å². The van der Waals surface area contributed by atoms with Gasteiger partial charge in [-0.3, -0.25) is 0 Å². The molecule has 0 N–H and O–H groups in total. The van der Waals surface area contributed by atoms with E-state index < -0.39 is 0 Å². The molecule has 0 bridgehead atoms. The van der Waals surface area contributed by atoms with Gasteiger partial charge in [0.25, 0.3) is 0 Å². The SMILES string of the molecule is O=C1OC[C@H]2O[C@@H]12. The van der Waals surface area contributed by atoms with Crippen LogP contribution >= 0.6 is 0 Å². The number of rotatable bonds is 0. The van der Waals surface area contributed by atoms with Crippen LogP contribution in [0.25, 0.3) is 0 Å². The van der Waals surface area contributed by atoms with Crippen LogP contribution in [0.15, 0.2) is 0 Å². The maximum atomic E-state index is 10.3. The van der Waals surface area contributed by atoms with Gasteiger partial charge in [-0.2, -0.15) is 0 Å². The largest absolute Gasteiger partial charge is 0.461 e. The average molecular weight is 100 g/mol. The van der Waals surface area contributed by atoms with E-state index in [9.17, 15) is 4.79 Å². The third-order valence-corrected chi connectivity index (χ3v) is 1.20. The molecular formula is C4H4O3. The Hall–Kier alpha value is -0.570. The van der Waals surface area contributed by atoms with E-state index in [0.717, 1.165) is 0 Å². The molecule has 2 aliphatic heterocycles. The van der Waals surface area contributed by atoms with Crippen LogP contribution in [0, 0.1) is 0 Å². The normalized spacial score (nSPS) is 45.4. The van der Waals surface area contributed by atoms with Gasteiger partial charge in [0.2, 0.25) is 0 Å². The molecule has 0 saturated carbocycles. The van der Waals surface area contributed by atoms with Gasteiger partial charge in [0.1, 0.15) is 12.7 Å². The van der Waals surface area contributed by atoms with Gasteiger partial charge in [-0.1, -0.05) is 0 Å². The lowest BCUT2D eigenvalue weighted by molar-refractivity contribution is -0.143. The summed E-state index contributed by atoms with van der Waals surface area (Å²) >= 11 is 0. The van der Waals surface area contributed by atoms with Gasteiger partial charge in [0.05, 0.1) is 0 Å². The van der Waals surface area contributed by atoms with Crippen molar-refractivity contribution >= 4 is 5.97 Å². The van der Waals surface area contributed by atoms with Gasteiger partial charge in [0, 0.05) is 0 Å². The molecule has 2 rings (SSSR count). The lowest BCUT2D eigenvalue weighted by Gasteiger charge is -1.89. The van der Waals surface area contributed by atoms with E-state index in [-0.39, 0.29) is 18.2 Å². The summed E-state index contributed by atoms with van der Waals surface area (Å²) in [6.45, 7) is 0.476. The molecule has 7 heavy (non-hydrogen) atoms. The van der Waals surface area contributed by atoms with E-state index in [4.69, 9.17) is 4.74 Å².